The molecular formula is C30H34N8O2. The monoisotopic (exact) mass is 538 g/mol. The Bertz CT molecular complexity index is 1510. The molecule has 0 spiro atoms. The zero-order chi connectivity index (χ0) is 27.6. The number of hydrogen-bond acceptors (Lipinski definition) is 7. The molecular weight excluding hydrogens is 504 g/mol. The molecule has 1 saturated heterocycles. The van der Waals surface area contributed by atoms with Crippen LogP contribution in [-0.4, -0.2) is 55.2 Å². The molecule has 1 aliphatic heterocycles. The van der Waals surface area contributed by atoms with Crippen molar-refractivity contribution in [1.29, 1.82) is 0 Å². The molecule has 6 rings (SSSR count). The Morgan fingerprint density at radius 2 is 1.75 bits per heavy atom. The van der Waals surface area contributed by atoms with Gasteiger partial charge in [-0.2, -0.15) is 0 Å². The fourth-order valence-corrected chi connectivity index (χ4v) is 5.99. The van der Waals surface area contributed by atoms with Crippen LogP contribution in [0.2, 0.25) is 0 Å². The van der Waals surface area contributed by atoms with Crippen LogP contribution >= 0.6 is 0 Å². The van der Waals surface area contributed by atoms with Gasteiger partial charge >= 0.3 is 0 Å². The molecule has 206 valence electrons. The molecule has 0 bridgehead atoms. The zero-order valence-electron chi connectivity index (χ0n) is 22.4. The molecule has 5 N–H and O–H groups in total. The highest BCUT2D eigenvalue weighted by Crippen LogP contribution is 2.35. The van der Waals surface area contributed by atoms with E-state index in [-0.39, 0.29) is 29.7 Å². The van der Waals surface area contributed by atoms with Crippen LogP contribution < -0.4 is 16.8 Å². The van der Waals surface area contributed by atoms with Crippen LogP contribution in [0.1, 0.15) is 60.6 Å². The van der Waals surface area contributed by atoms with Gasteiger partial charge in [-0.05, 0) is 62.8 Å². The number of carbonyl (C=O) groups is 2. The number of anilines is 2. The Morgan fingerprint density at radius 3 is 2.50 bits per heavy atom. The first kappa shape index (κ1) is 25.9. The van der Waals surface area contributed by atoms with Crippen molar-refractivity contribution in [2.45, 2.75) is 50.5 Å². The number of carbonyl (C=O) groups excluding carboxylic acids is 2. The van der Waals surface area contributed by atoms with Crippen LogP contribution in [-0.2, 0) is 4.79 Å². The number of piperidine rings is 1. The van der Waals surface area contributed by atoms with Crippen molar-refractivity contribution >= 4 is 29.0 Å². The number of aromatic nitrogens is 4. The Morgan fingerprint density at radius 1 is 0.950 bits per heavy atom. The lowest BCUT2D eigenvalue weighted by Gasteiger charge is -2.36. The van der Waals surface area contributed by atoms with Crippen LogP contribution in [0.4, 0.5) is 11.6 Å². The summed E-state index contributed by atoms with van der Waals surface area (Å²) in [5.41, 5.74) is 15.2. The molecule has 1 aliphatic carbocycles. The lowest BCUT2D eigenvalue weighted by Crippen LogP contribution is -2.44. The lowest BCUT2D eigenvalue weighted by atomic mass is 9.85. The first-order valence-electron chi connectivity index (χ1n) is 14.0. The van der Waals surface area contributed by atoms with Crippen LogP contribution in [0.5, 0.6) is 0 Å². The average molecular weight is 539 g/mol. The van der Waals surface area contributed by atoms with E-state index in [0.717, 1.165) is 62.0 Å². The number of likely N-dealkylation sites (tertiary alicyclic amines) is 1. The van der Waals surface area contributed by atoms with E-state index in [0.29, 0.717) is 29.4 Å². The van der Waals surface area contributed by atoms with E-state index in [1.165, 1.54) is 0 Å². The van der Waals surface area contributed by atoms with Crippen molar-refractivity contribution in [1.82, 2.24) is 24.3 Å². The van der Waals surface area contributed by atoms with Gasteiger partial charge in [0.1, 0.15) is 28.7 Å². The SMILES string of the molecule is Nc1nccn2c([C@@H]3CCCN(C(=O)[C@H]4CC[C@H](N)CC4)C3)nc(-c3ccc(C(=O)Nc4ccccn4)cc3)c12. The van der Waals surface area contributed by atoms with Gasteiger partial charge in [0.25, 0.3) is 5.91 Å². The summed E-state index contributed by atoms with van der Waals surface area (Å²) in [6, 6.07) is 12.8. The smallest absolute Gasteiger partial charge is 0.256 e. The minimum Gasteiger partial charge on any atom is -0.382 e. The van der Waals surface area contributed by atoms with Crippen molar-refractivity contribution in [3.05, 3.63) is 72.4 Å². The van der Waals surface area contributed by atoms with Crippen LogP contribution in [0.15, 0.2) is 61.1 Å². The molecule has 10 nitrogen and oxygen atoms in total. The average Bonchev–Trinajstić information content (AvgIpc) is 3.39. The quantitative estimate of drug-likeness (QED) is 0.350. The number of imidazole rings is 1. The van der Waals surface area contributed by atoms with E-state index in [1.807, 2.05) is 33.7 Å². The molecule has 1 atom stereocenters. The third-order valence-corrected chi connectivity index (χ3v) is 8.16. The molecule has 1 aromatic carbocycles. The number of rotatable bonds is 5. The third kappa shape index (κ3) is 5.14. The van der Waals surface area contributed by atoms with Crippen molar-refractivity contribution in [2.75, 3.05) is 24.1 Å². The van der Waals surface area contributed by atoms with Gasteiger partial charge in [-0.1, -0.05) is 18.2 Å². The van der Waals surface area contributed by atoms with Gasteiger partial charge in [-0.15, -0.1) is 0 Å². The van der Waals surface area contributed by atoms with Gasteiger partial charge in [0.05, 0.1) is 0 Å². The summed E-state index contributed by atoms with van der Waals surface area (Å²) < 4.78 is 2.01. The summed E-state index contributed by atoms with van der Waals surface area (Å²) in [6.45, 7) is 1.41. The van der Waals surface area contributed by atoms with Crippen molar-refractivity contribution in [3.8, 4) is 11.3 Å². The third-order valence-electron chi connectivity index (χ3n) is 8.16. The maximum atomic E-state index is 13.4. The number of nitrogens with one attached hydrogen (secondary N) is 1. The highest BCUT2D eigenvalue weighted by atomic mass is 16.2. The molecule has 2 aliphatic rings. The Balaban J connectivity index is 1.26. The molecule has 4 aromatic rings. The number of benzene rings is 1. The minimum absolute atomic E-state index is 0.0689. The number of nitrogens with two attached hydrogens (primary N) is 2. The highest BCUT2D eigenvalue weighted by Gasteiger charge is 2.33. The molecule has 2 fully saturated rings. The molecule has 10 heteroatoms. The second-order valence-corrected chi connectivity index (χ2v) is 10.8. The van der Waals surface area contributed by atoms with Gasteiger partial charge in [0.15, 0.2) is 0 Å². The topological polar surface area (TPSA) is 145 Å². The van der Waals surface area contributed by atoms with Crippen molar-refractivity contribution in [3.63, 3.8) is 0 Å². The van der Waals surface area contributed by atoms with Crippen LogP contribution in [0.25, 0.3) is 16.8 Å². The second kappa shape index (κ2) is 11.1. The van der Waals surface area contributed by atoms with Gasteiger partial charge in [-0.3, -0.25) is 14.0 Å². The minimum atomic E-state index is -0.242. The van der Waals surface area contributed by atoms with E-state index < -0.39 is 0 Å². The number of hydrogen-bond donors (Lipinski definition) is 3. The summed E-state index contributed by atoms with van der Waals surface area (Å²) in [4.78, 5) is 41.7. The van der Waals surface area contributed by atoms with Gasteiger partial charge in [0, 0.05) is 60.7 Å². The number of nitrogen functional groups attached to an aromatic ring is 1. The van der Waals surface area contributed by atoms with E-state index in [2.05, 4.69) is 15.3 Å². The zero-order valence-corrected chi connectivity index (χ0v) is 22.4. The Kier molecular flexibility index (Phi) is 7.17. The predicted molar refractivity (Wildman–Crippen MR) is 154 cm³/mol. The molecule has 4 heterocycles. The first-order valence-corrected chi connectivity index (χ1v) is 14.0. The summed E-state index contributed by atoms with van der Waals surface area (Å²) in [6.07, 6.45) is 10.6. The van der Waals surface area contributed by atoms with E-state index >= 15 is 0 Å². The summed E-state index contributed by atoms with van der Waals surface area (Å²) in [5, 5.41) is 2.80. The summed E-state index contributed by atoms with van der Waals surface area (Å²) in [7, 11) is 0. The summed E-state index contributed by atoms with van der Waals surface area (Å²) >= 11 is 0. The van der Waals surface area contributed by atoms with Crippen molar-refractivity contribution < 1.29 is 9.59 Å². The standard InChI is InChI=1S/C30H34N8O2/c31-23-12-10-21(11-13-23)30(40)37-16-3-4-22(18-37)28-36-25(26-27(32)34-15-17-38(26)28)19-6-8-20(9-7-19)29(39)35-24-5-1-2-14-33-24/h1-2,5-9,14-15,17,21-23H,3-4,10-13,16,18,31H2,(H2,32,34)(H,33,35,39)/t21-,22-,23-/m1/s1. The lowest BCUT2D eigenvalue weighted by molar-refractivity contribution is -0.137. The van der Waals surface area contributed by atoms with Gasteiger partial charge in [-0.25, -0.2) is 15.0 Å². The van der Waals surface area contributed by atoms with Crippen LogP contribution in [0.3, 0.4) is 0 Å². The molecule has 2 amide bonds. The van der Waals surface area contributed by atoms with E-state index in [4.69, 9.17) is 16.5 Å². The largest absolute Gasteiger partial charge is 0.382 e. The highest BCUT2D eigenvalue weighted by molar-refractivity contribution is 6.04. The predicted octanol–water partition coefficient (Wildman–Crippen LogP) is 3.85. The normalized spacial score (nSPS) is 21.3. The Labute approximate surface area is 232 Å². The van der Waals surface area contributed by atoms with E-state index in [9.17, 15) is 9.59 Å². The molecule has 0 unspecified atom stereocenters. The number of amides is 2. The number of fused-ring (bicyclic) bond motifs is 1. The van der Waals surface area contributed by atoms with Crippen LogP contribution in [0, 0.1) is 5.92 Å². The maximum absolute atomic E-state index is 13.4. The number of pyridine rings is 1. The maximum Gasteiger partial charge on any atom is 0.256 e. The van der Waals surface area contributed by atoms with Crippen molar-refractivity contribution in [2.24, 2.45) is 11.7 Å². The fraction of sp³-hybridized carbons (Fsp3) is 0.367. The van der Waals surface area contributed by atoms with Gasteiger partial charge in [0.2, 0.25) is 5.91 Å². The molecule has 40 heavy (non-hydrogen) atoms. The Hall–Kier alpha value is -4.31. The second-order valence-electron chi connectivity index (χ2n) is 10.8. The summed E-state index contributed by atoms with van der Waals surface area (Å²) in [5.74, 6) is 1.91. The fourth-order valence-electron chi connectivity index (χ4n) is 5.99. The van der Waals surface area contributed by atoms with Gasteiger partial charge < -0.3 is 21.7 Å². The molecule has 1 saturated carbocycles. The van der Waals surface area contributed by atoms with E-state index in [1.54, 1.807) is 36.7 Å². The molecule has 0 radical (unpaired) electrons. The first-order chi connectivity index (χ1) is 19.5. The number of nitrogens with zero attached hydrogens (tertiary/aromatic N) is 5. The molecule has 3 aromatic heterocycles.